The summed E-state index contributed by atoms with van der Waals surface area (Å²) in [5, 5.41) is 4.64. The number of carbonyl (C=O) groups excluding carboxylic acids is 2. The van der Waals surface area contributed by atoms with Crippen molar-refractivity contribution in [1.29, 1.82) is 0 Å². The number of anilines is 1. The predicted molar refractivity (Wildman–Crippen MR) is 84.9 cm³/mol. The summed E-state index contributed by atoms with van der Waals surface area (Å²) in [5.41, 5.74) is 0.531. The van der Waals surface area contributed by atoms with Crippen LogP contribution in [0.25, 0.3) is 0 Å². The largest absolute Gasteiger partial charge is 0.457 e. The Bertz CT molecular complexity index is 625. The minimum absolute atomic E-state index is 0.0420. The first kappa shape index (κ1) is 15.5. The first-order valence-corrected chi connectivity index (χ1v) is 8.56. The van der Waals surface area contributed by atoms with Crippen LogP contribution in [0, 0.1) is 16.7 Å². The minimum atomic E-state index is -0.387. The number of nitrogens with zero attached hydrogens (tertiary/aromatic N) is 1. The van der Waals surface area contributed by atoms with Gasteiger partial charge in [-0.15, -0.1) is 11.3 Å². The van der Waals surface area contributed by atoms with Crippen molar-refractivity contribution >= 4 is 28.3 Å². The van der Waals surface area contributed by atoms with Gasteiger partial charge in [-0.2, -0.15) is 0 Å². The lowest BCUT2D eigenvalue weighted by atomic mass is 9.70. The zero-order chi connectivity index (χ0) is 16.1. The van der Waals surface area contributed by atoms with Crippen molar-refractivity contribution in [2.24, 2.45) is 16.7 Å². The van der Waals surface area contributed by atoms with Crippen LogP contribution in [0.5, 0.6) is 0 Å². The summed E-state index contributed by atoms with van der Waals surface area (Å²) in [6.07, 6.45) is 3.23. The van der Waals surface area contributed by atoms with Crippen LogP contribution in [0.4, 0.5) is 5.13 Å². The van der Waals surface area contributed by atoms with Gasteiger partial charge >= 0.3 is 5.97 Å². The maximum absolute atomic E-state index is 12.3. The molecule has 3 rings (SSSR count). The van der Waals surface area contributed by atoms with Crippen molar-refractivity contribution in [3.8, 4) is 0 Å². The molecule has 1 N–H and O–H groups in total. The van der Waals surface area contributed by atoms with Crippen molar-refractivity contribution in [3.63, 3.8) is 0 Å². The summed E-state index contributed by atoms with van der Waals surface area (Å²) >= 11 is 1.23. The van der Waals surface area contributed by atoms with Crippen LogP contribution in [0.15, 0.2) is 5.38 Å². The second-order valence-electron chi connectivity index (χ2n) is 7.22. The lowest BCUT2D eigenvalue weighted by Gasteiger charge is -2.38. The SMILES string of the molecule is CC(=O)Nc1nc(C(=O)OC2CC3CCC2(C)C3(C)C)cs1. The second kappa shape index (κ2) is 5.05. The van der Waals surface area contributed by atoms with Gasteiger partial charge in [0.1, 0.15) is 6.10 Å². The Labute approximate surface area is 134 Å². The van der Waals surface area contributed by atoms with Gasteiger partial charge in [-0.1, -0.05) is 20.8 Å². The Kier molecular flexibility index (Phi) is 3.55. The van der Waals surface area contributed by atoms with Gasteiger partial charge in [0, 0.05) is 17.7 Å². The molecule has 1 amide bonds. The van der Waals surface area contributed by atoms with Gasteiger partial charge in [-0.05, 0) is 30.6 Å². The zero-order valence-electron chi connectivity index (χ0n) is 13.4. The number of esters is 1. The van der Waals surface area contributed by atoms with E-state index in [4.69, 9.17) is 4.74 Å². The molecule has 3 atom stereocenters. The standard InChI is InChI=1S/C16H22N2O3S/c1-9(19)17-14-18-11(8-22-14)13(20)21-12-7-10-5-6-16(12,4)15(10,2)3/h8,10,12H,5-7H2,1-4H3,(H,17,18,19). The van der Waals surface area contributed by atoms with Crippen molar-refractivity contribution in [2.75, 3.05) is 5.32 Å². The molecule has 2 saturated carbocycles. The number of amides is 1. The van der Waals surface area contributed by atoms with Crippen LogP contribution < -0.4 is 5.32 Å². The fraction of sp³-hybridized carbons (Fsp3) is 0.688. The number of thiazole rings is 1. The highest BCUT2D eigenvalue weighted by Crippen LogP contribution is 2.66. The quantitative estimate of drug-likeness (QED) is 0.865. The number of hydrogen-bond donors (Lipinski definition) is 1. The molecular formula is C16H22N2O3S. The van der Waals surface area contributed by atoms with E-state index in [-0.39, 0.29) is 34.5 Å². The summed E-state index contributed by atoms with van der Waals surface area (Å²) in [7, 11) is 0. The Morgan fingerprint density at radius 1 is 1.41 bits per heavy atom. The maximum atomic E-state index is 12.3. The van der Waals surface area contributed by atoms with Crippen molar-refractivity contribution in [1.82, 2.24) is 4.98 Å². The monoisotopic (exact) mass is 322 g/mol. The number of hydrogen-bond acceptors (Lipinski definition) is 5. The van der Waals surface area contributed by atoms with Gasteiger partial charge in [0.2, 0.25) is 5.91 Å². The van der Waals surface area contributed by atoms with E-state index in [1.165, 1.54) is 24.7 Å². The molecular weight excluding hydrogens is 300 g/mol. The molecule has 2 bridgehead atoms. The third-order valence-electron chi connectivity index (χ3n) is 5.96. The van der Waals surface area contributed by atoms with E-state index in [2.05, 4.69) is 31.1 Å². The lowest BCUT2D eigenvalue weighted by molar-refractivity contribution is -0.114. The van der Waals surface area contributed by atoms with E-state index in [1.807, 2.05) is 0 Å². The normalized spacial score (nSPS) is 32.0. The van der Waals surface area contributed by atoms with E-state index in [1.54, 1.807) is 5.38 Å². The highest BCUT2D eigenvalue weighted by atomic mass is 32.1. The Morgan fingerprint density at radius 2 is 2.14 bits per heavy atom. The van der Waals surface area contributed by atoms with Crippen LogP contribution in [-0.4, -0.2) is 23.0 Å². The number of carbonyl (C=O) groups is 2. The van der Waals surface area contributed by atoms with Gasteiger partial charge in [0.15, 0.2) is 10.8 Å². The highest BCUT2D eigenvalue weighted by molar-refractivity contribution is 7.14. The Balaban J connectivity index is 1.70. The van der Waals surface area contributed by atoms with E-state index in [0.717, 1.165) is 12.8 Å². The summed E-state index contributed by atoms with van der Waals surface area (Å²) in [5.74, 6) is 0.0414. The lowest BCUT2D eigenvalue weighted by Crippen LogP contribution is -2.38. The molecule has 0 saturated heterocycles. The van der Waals surface area contributed by atoms with E-state index in [9.17, 15) is 9.59 Å². The Hall–Kier alpha value is -1.43. The minimum Gasteiger partial charge on any atom is -0.457 e. The molecule has 0 aliphatic heterocycles. The second-order valence-corrected chi connectivity index (χ2v) is 8.08. The van der Waals surface area contributed by atoms with Crippen LogP contribution in [0.1, 0.15) is 57.4 Å². The van der Waals surface area contributed by atoms with E-state index in [0.29, 0.717) is 11.0 Å². The molecule has 0 aromatic carbocycles. The first-order chi connectivity index (χ1) is 10.2. The third-order valence-corrected chi connectivity index (χ3v) is 6.72. The molecule has 2 aliphatic rings. The molecule has 1 heterocycles. The van der Waals surface area contributed by atoms with Crippen LogP contribution in [-0.2, 0) is 9.53 Å². The van der Waals surface area contributed by atoms with Crippen molar-refractivity contribution in [3.05, 3.63) is 11.1 Å². The van der Waals surface area contributed by atoms with Gasteiger partial charge in [0.05, 0.1) is 0 Å². The van der Waals surface area contributed by atoms with Gasteiger partial charge in [-0.3, -0.25) is 4.79 Å². The predicted octanol–water partition coefficient (Wildman–Crippen LogP) is 3.47. The number of ether oxygens (including phenoxy) is 1. The Morgan fingerprint density at radius 3 is 2.68 bits per heavy atom. The number of aromatic nitrogens is 1. The first-order valence-electron chi connectivity index (χ1n) is 7.68. The summed E-state index contributed by atoms with van der Waals surface area (Å²) in [6, 6.07) is 0. The zero-order valence-corrected chi connectivity index (χ0v) is 14.3. The van der Waals surface area contributed by atoms with Crippen LogP contribution in [0.2, 0.25) is 0 Å². The van der Waals surface area contributed by atoms with Gasteiger partial charge < -0.3 is 10.1 Å². The molecule has 120 valence electrons. The smallest absolute Gasteiger partial charge is 0.358 e. The topological polar surface area (TPSA) is 68.3 Å². The highest BCUT2D eigenvalue weighted by Gasteiger charge is 2.62. The van der Waals surface area contributed by atoms with E-state index < -0.39 is 0 Å². The third kappa shape index (κ3) is 2.24. The fourth-order valence-corrected chi connectivity index (χ4v) is 4.80. The molecule has 5 nitrogen and oxygen atoms in total. The molecule has 1 aromatic rings. The van der Waals surface area contributed by atoms with Crippen LogP contribution >= 0.6 is 11.3 Å². The molecule has 0 radical (unpaired) electrons. The average Bonchev–Trinajstić information content (AvgIpc) is 3.01. The van der Waals surface area contributed by atoms with E-state index >= 15 is 0 Å². The molecule has 2 fully saturated rings. The molecule has 0 spiro atoms. The molecule has 6 heteroatoms. The van der Waals surface area contributed by atoms with Gasteiger partial charge in [0.25, 0.3) is 0 Å². The summed E-state index contributed by atoms with van der Waals surface area (Å²) in [6.45, 7) is 8.23. The number of nitrogens with one attached hydrogen (secondary N) is 1. The molecule has 3 unspecified atom stereocenters. The van der Waals surface area contributed by atoms with Crippen molar-refractivity contribution < 1.29 is 14.3 Å². The average molecular weight is 322 g/mol. The fourth-order valence-electron chi connectivity index (χ4n) is 4.07. The number of rotatable bonds is 3. The number of fused-ring (bicyclic) bond motifs is 2. The molecule has 22 heavy (non-hydrogen) atoms. The maximum Gasteiger partial charge on any atom is 0.358 e. The molecule has 2 aliphatic carbocycles. The summed E-state index contributed by atoms with van der Waals surface area (Å²) < 4.78 is 5.78. The van der Waals surface area contributed by atoms with Crippen molar-refractivity contribution in [2.45, 2.75) is 53.1 Å². The molecule has 1 aromatic heterocycles. The summed E-state index contributed by atoms with van der Waals surface area (Å²) in [4.78, 5) is 27.5. The van der Waals surface area contributed by atoms with Crippen LogP contribution in [0.3, 0.4) is 0 Å². The van der Waals surface area contributed by atoms with Gasteiger partial charge in [-0.25, -0.2) is 9.78 Å².